The second kappa shape index (κ2) is 10.7. The van der Waals surface area contributed by atoms with Crippen LogP contribution in [0.15, 0.2) is 79.0 Å². The van der Waals surface area contributed by atoms with Gasteiger partial charge in [0.05, 0.1) is 6.61 Å². The van der Waals surface area contributed by atoms with E-state index in [0.717, 1.165) is 42.9 Å². The molecule has 0 radical (unpaired) electrons. The van der Waals surface area contributed by atoms with Crippen LogP contribution in [0.5, 0.6) is 0 Å². The number of hydrogen-bond donors (Lipinski definition) is 2. The van der Waals surface area contributed by atoms with Gasteiger partial charge >= 0.3 is 6.03 Å². The number of carbonyl (C=O) groups is 1. The topological polar surface area (TPSA) is 68.7 Å². The molecule has 2 N–H and O–H groups in total. The highest BCUT2D eigenvalue weighted by molar-refractivity contribution is 5.89. The van der Waals surface area contributed by atoms with Gasteiger partial charge in [-0.3, -0.25) is 4.90 Å². The molecule has 1 aromatic heterocycles. The minimum Gasteiger partial charge on any atom is -0.395 e. The van der Waals surface area contributed by atoms with Gasteiger partial charge in [0.2, 0.25) is 0 Å². The Morgan fingerprint density at radius 3 is 2.49 bits per heavy atom. The summed E-state index contributed by atoms with van der Waals surface area (Å²) in [5.74, 6) is 6.44. The van der Waals surface area contributed by atoms with Gasteiger partial charge in [-0.05, 0) is 67.3 Å². The van der Waals surface area contributed by atoms with E-state index in [9.17, 15) is 9.90 Å². The summed E-state index contributed by atoms with van der Waals surface area (Å²) in [6.45, 7) is 2.44. The predicted octanol–water partition coefficient (Wildman–Crippen LogP) is 3.94. The molecule has 6 nitrogen and oxygen atoms in total. The first kappa shape index (κ1) is 23.1. The second-order valence-corrected chi connectivity index (χ2v) is 9.12. The lowest BCUT2D eigenvalue weighted by molar-refractivity contribution is -0.0585. The number of pyridine rings is 1. The van der Waals surface area contributed by atoms with Crippen LogP contribution in [0.3, 0.4) is 0 Å². The fraction of sp³-hybridized carbons (Fsp3) is 0.310. The van der Waals surface area contributed by atoms with E-state index in [1.54, 1.807) is 6.20 Å². The number of aromatic nitrogens is 1. The molecule has 35 heavy (non-hydrogen) atoms. The van der Waals surface area contributed by atoms with Crippen molar-refractivity contribution in [3.8, 4) is 11.8 Å². The SMILES string of the molecule is O=C(Nc1ccccc1)N1CCCCN2[C@H](C1)[C@@H](c1ccc(C#Cc3ccccn3)cc1)[C@@H]2CO. The molecule has 0 aliphatic carbocycles. The van der Waals surface area contributed by atoms with Gasteiger partial charge in [-0.1, -0.05) is 42.3 Å². The maximum Gasteiger partial charge on any atom is 0.321 e. The second-order valence-electron chi connectivity index (χ2n) is 9.12. The normalized spacial score (nSPS) is 22.0. The summed E-state index contributed by atoms with van der Waals surface area (Å²) in [5, 5.41) is 13.2. The lowest BCUT2D eigenvalue weighted by atomic mass is 9.74. The van der Waals surface area contributed by atoms with E-state index in [2.05, 4.69) is 39.2 Å². The van der Waals surface area contributed by atoms with Crippen molar-refractivity contribution in [1.82, 2.24) is 14.8 Å². The number of rotatable bonds is 3. The average molecular weight is 467 g/mol. The monoisotopic (exact) mass is 466 g/mol. The molecular weight excluding hydrogens is 436 g/mol. The predicted molar refractivity (Wildman–Crippen MR) is 137 cm³/mol. The minimum absolute atomic E-state index is 0.0654. The summed E-state index contributed by atoms with van der Waals surface area (Å²) in [6.07, 6.45) is 3.71. The highest BCUT2D eigenvalue weighted by Gasteiger charge is 2.49. The third-order valence-electron chi connectivity index (χ3n) is 6.98. The summed E-state index contributed by atoms with van der Waals surface area (Å²) in [5.41, 5.74) is 3.66. The van der Waals surface area contributed by atoms with Crippen LogP contribution in [0.4, 0.5) is 10.5 Å². The summed E-state index contributed by atoms with van der Waals surface area (Å²) >= 11 is 0. The first-order valence-electron chi connectivity index (χ1n) is 12.2. The molecule has 2 fully saturated rings. The van der Waals surface area contributed by atoms with Gasteiger partial charge in [-0.2, -0.15) is 0 Å². The standard InChI is InChI=1S/C29H30N4O2/c34-21-27-28(23-14-11-22(12-15-23)13-16-24-8-4-5-17-30-24)26-20-32(18-6-7-19-33(26)27)29(35)31-25-9-2-1-3-10-25/h1-5,8-12,14-15,17,26-28,34H,6-7,18-21H2,(H,31,35)/t26-,27+,28-/m1/s1. The molecule has 2 saturated heterocycles. The van der Waals surface area contributed by atoms with Crippen LogP contribution >= 0.6 is 0 Å². The van der Waals surface area contributed by atoms with Crippen molar-refractivity contribution in [3.05, 3.63) is 95.8 Å². The van der Waals surface area contributed by atoms with Gasteiger partial charge in [0, 0.05) is 48.5 Å². The number of nitrogens with zero attached hydrogens (tertiary/aromatic N) is 3. The molecule has 0 spiro atoms. The van der Waals surface area contributed by atoms with Crippen LogP contribution in [-0.4, -0.2) is 64.2 Å². The number of fused-ring (bicyclic) bond motifs is 1. The Morgan fingerprint density at radius 2 is 1.74 bits per heavy atom. The van der Waals surface area contributed by atoms with Gasteiger partial charge in [0.1, 0.15) is 5.69 Å². The average Bonchev–Trinajstić information content (AvgIpc) is 2.88. The summed E-state index contributed by atoms with van der Waals surface area (Å²) < 4.78 is 0. The van der Waals surface area contributed by atoms with Gasteiger partial charge in [-0.25, -0.2) is 9.78 Å². The van der Waals surface area contributed by atoms with Crippen LogP contribution < -0.4 is 5.32 Å². The van der Waals surface area contributed by atoms with Crippen molar-refractivity contribution in [2.75, 3.05) is 31.6 Å². The van der Waals surface area contributed by atoms with E-state index in [4.69, 9.17) is 0 Å². The third kappa shape index (κ3) is 5.22. The minimum atomic E-state index is -0.0654. The number of nitrogens with one attached hydrogen (secondary N) is 1. The van der Waals surface area contributed by atoms with Crippen molar-refractivity contribution >= 4 is 11.7 Å². The molecule has 3 heterocycles. The first-order chi connectivity index (χ1) is 17.2. The molecule has 2 aliphatic heterocycles. The Labute approximate surface area is 206 Å². The van der Waals surface area contributed by atoms with Gasteiger partial charge in [0.15, 0.2) is 0 Å². The first-order valence-corrected chi connectivity index (χ1v) is 12.2. The third-order valence-corrected chi connectivity index (χ3v) is 6.98. The number of amides is 2. The van der Waals surface area contributed by atoms with E-state index >= 15 is 0 Å². The van der Waals surface area contributed by atoms with Crippen molar-refractivity contribution < 1.29 is 9.90 Å². The van der Waals surface area contributed by atoms with E-state index in [0.29, 0.717) is 6.54 Å². The molecule has 3 aromatic rings. The van der Waals surface area contributed by atoms with E-state index in [1.807, 2.05) is 65.6 Å². The number of benzene rings is 2. The van der Waals surface area contributed by atoms with Crippen molar-refractivity contribution in [1.29, 1.82) is 0 Å². The van der Waals surface area contributed by atoms with Crippen molar-refractivity contribution in [3.63, 3.8) is 0 Å². The molecule has 5 rings (SSSR count). The van der Waals surface area contributed by atoms with E-state index < -0.39 is 0 Å². The van der Waals surface area contributed by atoms with Gasteiger partial charge < -0.3 is 15.3 Å². The van der Waals surface area contributed by atoms with Gasteiger partial charge in [-0.15, -0.1) is 0 Å². The van der Waals surface area contributed by atoms with Crippen molar-refractivity contribution in [2.45, 2.75) is 30.8 Å². The Bertz CT molecular complexity index is 1190. The molecule has 178 valence electrons. The van der Waals surface area contributed by atoms with E-state index in [1.165, 1.54) is 5.56 Å². The fourth-order valence-electron chi connectivity index (χ4n) is 5.21. The number of urea groups is 1. The highest BCUT2D eigenvalue weighted by Crippen LogP contribution is 2.42. The Morgan fingerprint density at radius 1 is 0.971 bits per heavy atom. The quantitative estimate of drug-likeness (QED) is 0.574. The largest absolute Gasteiger partial charge is 0.395 e. The fourth-order valence-corrected chi connectivity index (χ4v) is 5.21. The smallest absolute Gasteiger partial charge is 0.321 e. The maximum atomic E-state index is 13.1. The van der Waals surface area contributed by atoms with E-state index in [-0.39, 0.29) is 30.6 Å². The summed E-state index contributed by atoms with van der Waals surface area (Å²) in [7, 11) is 0. The Kier molecular flexibility index (Phi) is 7.08. The molecule has 2 amide bonds. The zero-order valence-electron chi connectivity index (χ0n) is 19.7. The zero-order valence-corrected chi connectivity index (χ0v) is 19.7. The Hall–Kier alpha value is -3.66. The number of anilines is 1. The number of para-hydroxylation sites is 1. The summed E-state index contributed by atoms with van der Waals surface area (Å²) in [6, 6.07) is 23.8. The van der Waals surface area contributed by atoms with Crippen LogP contribution in [0.25, 0.3) is 0 Å². The molecule has 0 bridgehead atoms. The van der Waals surface area contributed by atoms with Crippen LogP contribution in [0.2, 0.25) is 0 Å². The Balaban J connectivity index is 1.32. The lowest BCUT2D eigenvalue weighted by Gasteiger charge is -2.57. The molecule has 3 atom stereocenters. The maximum absolute atomic E-state index is 13.1. The summed E-state index contributed by atoms with van der Waals surface area (Å²) in [4.78, 5) is 21.6. The lowest BCUT2D eigenvalue weighted by Crippen LogP contribution is -2.68. The molecule has 6 heteroatoms. The van der Waals surface area contributed by atoms with Gasteiger partial charge in [0.25, 0.3) is 0 Å². The number of aliphatic hydroxyl groups is 1. The molecule has 0 saturated carbocycles. The molecule has 2 aromatic carbocycles. The van der Waals surface area contributed by atoms with Crippen molar-refractivity contribution in [2.24, 2.45) is 0 Å². The molecular formula is C29H30N4O2. The van der Waals surface area contributed by atoms with Crippen LogP contribution in [0.1, 0.15) is 35.6 Å². The molecule has 2 aliphatic rings. The molecule has 0 unspecified atom stereocenters. The highest BCUT2D eigenvalue weighted by atomic mass is 16.3. The number of aliphatic hydroxyl groups excluding tert-OH is 1. The zero-order chi connectivity index (χ0) is 24.0. The van der Waals surface area contributed by atoms with Crippen LogP contribution in [-0.2, 0) is 0 Å². The number of hydrogen-bond acceptors (Lipinski definition) is 4. The number of carbonyl (C=O) groups excluding carboxylic acids is 1. The van der Waals surface area contributed by atoms with Crippen LogP contribution in [0, 0.1) is 11.8 Å².